The Morgan fingerprint density at radius 2 is 2.06 bits per heavy atom. The Balaban J connectivity index is 1.28. The molecule has 1 fully saturated rings. The minimum atomic E-state index is -0.0601. The molecule has 0 N–H and O–H groups in total. The number of amides is 1. The monoisotopic (exact) mass is 416 g/mol. The predicted octanol–water partition coefficient (Wildman–Crippen LogP) is 2.89. The van der Waals surface area contributed by atoms with Gasteiger partial charge in [0.1, 0.15) is 0 Å². The zero-order chi connectivity index (χ0) is 21.4. The van der Waals surface area contributed by atoms with Gasteiger partial charge in [0.25, 0.3) is 5.56 Å². The van der Waals surface area contributed by atoms with Crippen LogP contribution < -0.4 is 5.56 Å². The van der Waals surface area contributed by atoms with E-state index in [9.17, 15) is 9.59 Å². The van der Waals surface area contributed by atoms with Crippen LogP contribution in [0.5, 0.6) is 0 Å². The zero-order valence-electron chi connectivity index (χ0n) is 17.4. The first-order valence-electron chi connectivity index (χ1n) is 10.7. The lowest BCUT2D eigenvalue weighted by Gasteiger charge is -2.23. The van der Waals surface area contributed by atoms with E-state index in [1.54, 1.807) is 17.0 Å². The van der Waals surface area contributed by atoms with E-state index in [2.05, 4.69) is 15.2 Å². The zero-order valence-corrected chi connectivity index (χ0v) is 17.4. The van der Waals surface area contributed by atoms with Crippen LogP contribution >= 0.6 is 0 Å². The molecule has 4 heterocycles. The first-order chi connectivity index (χ1) is 15.1. The van der Waals surface area contributed by atoms with Crippen LogP contribution in [0, 0.1) is 6.92 Å². The van der Waals surface area contributed by atoms with Gasteiger partial charge in [0.2, 0.25) is 5.91 Å². The minimum Gasteiger partial charge on any atom is -0.332 e. The van der Waals surface area contributed by atoms with Crippen molar-refractivity contribution in [2.75, 3.05) is 6.54 Å². The number of para-hydroxylation sites is 1. The van der Waals surface area contributed by atoms with E-state index in [-0.39, 0.29) is 17.5 Å². The minimum absolute atomic E-state index is 0.0575. The Labute approximate surface area is 179 Å². The average Bonchev–Trinajstić information content (AvgIpc) is 3.42. The maximum absolute atomic E-state index is 13.0. The van der Waals surface area contributed by atoms with E-state index in [4.69, 9.17) is 0 Å². The van der Waals surface area contributed by atoms with Crippen LogP contribution in [0.3, 0.4) is 0 Å². The lowest BCUT2D eigenvalue weighted by atomic mass is 10.1. The molecule has 4 aromatic rings. The van der Waals surface area contributed by atoms with Gasteiger partial charge in [0.15, 0.2) is 11.5 Å². The van der Waals surface area contributed by atoms with Gasteiger partial charge in [-0.1, -0.05) is 18.2 Å². The van der Waals surface area contributed by atoms with Gasteiger partial charge in [-0.25, -0.2) is 4.98 Å². The number of hydrogen-bond donors (Lipinski definition) is 0. The summed E-state index contributed by atoms with van der Waals surface area (Å²) in [5.74, 6) is 0.902. The average molecular weight is 416 g/mol. The lowest BCUT2D eigenvalue weighted by Crippen LogP contribution is -2.31. The highest BCUT2D eigenvalue weighted by Gasteiger charge is 2.32. The van der Waals surface area contributed by atoms with E-state index in [0.29, 0.717) is 24.8 Å². The molecule has 158 valence electrons. The van der Waals surface area contributed by atoms with Gasteiger partial charge in [0, 0.05) is 25.7 Å². The maximum Gasteiger partial charge on any atom is 0.261 e. The number of fused-ring (bicyclic) bond motifs is 2. The quantitative estimate of drug-likeness (QED) is 0.499. The van der Waals surface area contributed by atoms with Gasteiger partial charge in [-0.05, 0) is 49.9 Å². The second kappa shape index (κ2) is 7.94. The number of carbonyl (C=O) groups excluding carboxylic acids is 1. The van der Waals surface area contributed by atoms with Gasteiger partial charge < -0.3 is 4.90 Å². The summed E-state index contributed by atoms with van der Waals surface area (Å²) in [4.78, 5) is 32.1. The molecule has 1 atom stereocenters. The normalized spacial score (nSPS) is 16.4. The van der Waals surface area contributed by atoms with Gasteiger partial charge in [0.05, 0.1) is 23.3 Å². The molecular formula is C23H24N6O2. The number of carbonyl (C=O) groups is 1. The van der Waals surface area contributed by atoms with Crippen molar-refractivity contribution in [1.29, 1.82) is 0 Å². The molecule has 0 radical (unpaired) electrons. The molecule has 3 aromatic heterocycles. The van der Waals surface area contributed by atoms with Crippen molar-refractivity contribution in [2.45, 2.75) is 45.2 Å². The van der Waals surface area contributed by atoms with E-state index >= 15 is 0 Å². The SMILES string of the molecule is Cc1cccc2c(=O)n(CCCC(=O)N3CCC[C@@H]3c3nnc4ccccn34)cnc12. The Morgan fingerprint density at radius 1 is 1.16 bits per heavy atom. The number of benzene rings is 1. The predicted molar refractivity (Wildman–Crippen MR) is 117 cm³/mol. The lowest BCUT2D eigenvalue weighted by molar-refractivity contribution is -0.132. The maximum atomic E-state index is 13.0. The first kappa shape index (κ1) is 19.4. The van der Waals surface area contributed by atoms with Crippen LogP contribution in [0.1, 0.15) is 43.1 Å². The molecular weight excluding hydrogens is 392 g/mol. The van der Waals surface area contributed by atoms with E-state index < -0.39 is 0 Å². The number of pyridine rings is 1. The number of hydrogen-bond acceptors (Lipinski definition) is 5. The number of aromatic nitrogens is 5. The molecule has 0 bridgehead atoms. The summed E-state index contributed by atoms with van der Waals surface area (Å²) in [5, 5.41) is 9.20. The van der Waals surface area contributed by atoms with Crippen molar-refractivity contribution in [2.24, 2.45) is 0 Å². The molecule has 1 amide bonds. The molecule has 0 aliphatic carbocycles. The second-order valence-electron chi connectivity index (χ2n) is 8.05. The van der Waals surface area contributed by atoms with Gasteiger partial charge >= 0.3 is 0 Å². The van der Waals surface area contributed by atoms with Crippen LogP contribution in [-0.2, 0) is 11.3 Å². The van der Waals surface area contributed by atoms with Crippen molar-refractivity contribution < 1.29 is 4.79 Å². The van der Waals surface area contributed by atoms with Crippen LogP contribution in [0.4, 0.5) is 0 Å². The van der Waals surface area contributed by atoms with Crippen molar-refractivity contribution >= 4 is 22.5 Å². The molecule has 1 aliphatic rings. The molecule has 1 aliphatic heterocycles. The topological polar surface area (TPSA) is 85.4 Å². The third kappa shape index (κ3) is 3.48. The Morgan fingerprint density at radius 3 is 2.97 bits per heavy atom. The van der Waals surface area contributed by atoms with Crippen molar-refractivity contribution in [3.05, 3.63) is 70.7 Å². The van der Waals surface area contributed by atoms with E-state index in [1.807, 2.05) is 52.8 Å². The summed E-state index contributed by atoms with van der Waals surface area (Å²) in [5.41, 5.74) is 2.45. The van der Waals surface area contributed by atoms with E-state index in [0.717, 1.165) is 41.9 Å². The number of nitrogens with zero attached hydrogens (tertiary/aromatic N) is 6. The molecule has 1 aromatic carbocycles. The highest BCUT2D eigenvalue weighted by Crippen LogP contribution is 2.31. The Hall–Kier alpha value is -3.55. The molecule has 8 heteroatoms. The van der Waals surface area contributed by atoms with Gasteiger partial charge in [-0.3, -0.25) is 18.6 Å². The number of aryl methyl sites for hydroxylation is 2. The van der Waals surface area contributed by atoms with Crippen LogP contribution in [0.2, 0.25) is 0 Å². The summed E-state index contributed by atoms with van der Waals surface area (Å²) in [6.45, 7) is 3.14. The van der Waals surface area contributed by atoms with Crippen LogP contribution in [-0.4, -0.2) is 41.5 Å². The van der Waals surface area contributed by atoms with Gasteiger partial charge in [-0.15, -0.1) is 10.2 Å². The standard InChI is InChI=1S/C23H24N6O2/c1-16-7-4-8-17-21(16)24-15-27(23(17)31)12-6-11-20(30)28-14-5-9-18(28)22-26-25-19-10-2-3-13-29(19)22/h2-4,7-8,10,13,15,18H,5-6,9,11-12,14H2,1H3/t18-/m1/s1. The van der Waals surface area contributed by atoms with Crippen LogP contribution in [0.15, 0.2) is 53.7 Å². The van der Waals surface area contributed by atoms with Crippen LogP contribution in [0.25, 0.3) is 16.6 Å². The largest absolute Gasteiger partial charge is 0.332 e. The fourth-order valence-corrected chi connectivity index (χ4v) is 4.46. The Kier molecular flexibility index (Phi) is 4.97. The summed E-state index contributed by atoms with van der Waals surface area (Å²) < 4.78 is 3.56. The fraction of sp³-hybridized carbons (Fsp3) is 0.348. The highest BCUT2D eigenvalue weighted by molar-refractivity contribution is 5.80. The summed E-state index contributed by atoms with van der Waals surface area (Å²) in [7, 11) is 0. The number of rotatable bonds is 5. The van der Waals surface area contributed by atoms with Gasteiger partial charge in [-0.2, -0.15) is 0 Å². The molecule has 5 rings (SSSR count). The molecule has 0 unspecified atom stereocenters. The molecule has 0 spiro atoms. The molecule has 0 saturated carbocycles. The van der Waals surface area contributed by atoms with Crippen molar-refractivity contribution in [1.82, 2.24) is 29.0 Å². The number of likely N-dealkylation sites (tertiary alicyclic amines) is 1. The molecule has 1 saturated heterocycles. The van der Waals surface area contributed by atoms with Crippen molar-refractivity contribution in [3.63, 3.8) is 0 Å². The first-order valence-corrected chi connectivity index (χ1v) is 10.7. The van der Waals surface area contributed by atoms with Crippen molar-refractivity contribution in [3.8, 4) is 0 Å². The second-order valence-corrected chi connectivity index (χ2v) is 8.05. The van der Waals surface area contributed by atoms with E-state index in [1.165, 1.54) is 0 Å². The molecule has 31 heavy (non-hydrogen) atoms. The highest BCUT2D eigenvalue weighted by atomic mass is 16.2. The summed E-state index contributed by atoms with van der Waals surface area (Å²) >= 11 is 0. The fourth-order valence-electron chi connectivity index (χ4n) is 4.46. The molecule has 8 nitrogen and oxygen atoms in total. The summed E-state index contributed by atoms with van der Waals surface area (Å²) in [6, 6.07) is 11.3. The third-order valence-corrected chi connectivity index (χ3v) is 6.06. The smallest absolute Gasteiger partial charge is 0.261 e. The Bertz CT molecular complexity index is 1320. The summed E-state index contributed by atoms with van der Waals surface area (Å²) in [6.07, 6.45) is 6.32. The third-order valence-electron chi connectivity index (χ3n) is 6.06.